The molecule has 6 heteroatoms. The molecule has 0 spiro atoms. The first-order chi connectivity index (χ1) is 12.2. The fourth-order valence-corrected chi connectivity index (χ4v) is 2.86. The number of amides is 1. The quantitative estimate of drug-likeness (QED) is 0.591. The third kappa shape index (κ3) is 2.94. The average molecular weight is 335 g/mol. The van der Waals surface area contributed by atoms with E-state index in [1.54, 1.807) is 12.3 Å². The Morgan fingerprint density at radius 2 is 1.96 bits per heavy atom. The molecule has 1 aromatic heterocycles. The smallest absolute Gasteiger partial charge is 0.284 e. The van der Waals surface area contributed by atoms with Crippen molar-refractivity contribution < 1.29 is 14.3 Å². The van der Waals surface area contributed by atoms with Crippen molar-refractivity contribution in [1.82, 2.24) is 9.99 Å². The summed E-state index contributed by atoms with van der Waals surface area (Å²) in [6.45, 7) is 0.159. The summed E-state index contributed by atoms with van der Waals surface area (Å²) in [6.07, 6.45) is 2.88. The van der Waals surface area contributed by atoms with E-state index in [1.807, 2.05) is 60.3 Å². The van der Waals surface area contributed by atoms with Crippen molar-refractivity contribution in [3.63, 3.8) is 0 Å². The van der Waals surface area contributed by atoms with E-state index < -0.39 is 6.10 Å². The van der Waals surface area contributed by atoms with E-state index in [9.17, 15) is 4.79 Å². The number of ether oxygens (including phenoxy) is 2. The second-order valence-corrected chi connectivity index (χ2v) is 5.81. The van der Waals surface area contributed by atoms with Gasteiger partial charge in [0.05, 0.1) is 6.21 Å². The summed E-state index contributed by atoms with van der Waals surface area (Å²) in [7, 11) is 1.98. The molecule has 1 atom stereocenters. The molecule has 2 heterocycles. The van der Waals surface area contributed by atoms with Gasteiger partial charge in [0.15, 0.2) is 11.5 Å². The predicted molar refractivity (Wildman–Crippen MR) is 95.0 cm³/mol. The Kier molecular flexibility index (Phi) is 3.85. The minimum absolute atomic E-state index is 0.159. The minimum Gasteiger partial charge on any atom is -0.485 e. The summed E-state index contributed by atoms with van der Waals surface area (Å²) >= 11 is 0. The topological polar surface area (TPSA) is 64.9 Å². The zero-order valence-corrected chi connectivity index (χ0v) is 13.7. The lowest BCUT2D eigenvalue weighted by atomic mass is 10.2. The van der Waals surface area contributed by atoms with Crippen LogP contribution in [-0.4, -0.2) is 29.4 Å². The van der Waals surface area contributed by atoms with E-state index >= 15 is 0 Å². The molecule has 3 aromatic rings. The summed E-state index contributed by atoms with van der Waals surface area (Å²) in [5, 5.41) is 5.14. The maximum atomic E-state index is 12.2. The number of fused-ring (bicyclic) bond motifs is 2. The molecule has 0 saturated carbocycles. The Morgan fingerprint density at radius 3 is 2.84 bits per heavy atom. The molecule has 0 aliphatic carbocycles. The van der Waals surface area contributed by atoms with Crippen LogP contribution in [0.3, 0.4) is 0 Å². The van der Waals surface area contributed by atoms with Gasteiger partial charge in [-0.15, -0.1) is 0 Å². The second kappa shape index (κ2) is 6.32. The van der Waals surface area contributed by atoms with Gasteiger partial charge in [0.1, 0.15) is 6.61 Å². The van der Waals surface area contributed by atoms with E-state index in [-0.39, 0.29) is 12.5 Å². The van der Waals surface area contributed by atoms with E-state index in [2.05, 4.69) is 10.5 Å². The van der Waals surface area contributed by atoms with Crippen molar-refractivity contribution in [3.8, 4) is 11.5 Å². The van der Waals surface area contributed by atoms with Crippen LogP contribution >= 0.6 is 0 Å². The molecule has 4 rings (SSSR count). The van der Waals surface area contributed by atoms with Gasteiger partial charge in [-0.1, -0.05) is 30.3 Å². The van der Waals surface area contributed by atoms with Crippen LogP contribution < -0.4 is 14.9 Å². The Bertz CT molecular complexity index is 961. The van der Waals surface area contributed by atoms with Crippen molar-refractivity contribution in [2.45, 2.75) is 6.10 Å². The van der Waals surface area contributed by atoms with E-state index in [1.165, 1.54) is 0 Å². The number of carbonyl (C=O) groups excluding carboxylic acids is 1. The summed E-state index contributed by atoms with van der Waals surface area (Å²) in [5.41, 5.74) is 4.56. The molecule has 0 saturated heterocycles. The SMILES string of the molecule is Cn1cc(/C=N/NC(=O)C2COc3ccccc3O2)c2ccccc21. The molecule has 1 aliphatic rings. The number of nitrogens with one attached hydrogen (secondary N) is 1. The fraction of sp³-hybridized carbons (Fsp3) is 0.158. The zero-order chi connectivity index (χ0) is 17.2. The van der Waals surface area contributed by atoms with Crippen LogP contribution in [0.15, 0.2) is 59.8 Å². The Hall–Kier alpha value is -3.28. The first-order valence-corrected chi connectivity index (χ1v) is 7.98. The summed E-state index contributed by atoms with van der Waals surface area (Å²) < 4.78 is 13.2. The Labute approximate surface area is 144 Å². The van der Waals surface area contributed by atoms with Gasteiger partial charge in [-0.05, 0) is 18.2 Å². The standard InChI is InChI=1S/C19H17N3O3/c1-22-11-13(14-6-2-3-7-15(14)22)10-20-21-19(23)18-12-24-16-8-4-5-9-17(16)25-18/h2-11,18H,12H2,1H3,(H,21,23)/b20-10+. The van der Waals surface area contributed by atoms with Gasteiger partial charge in [0.25, 0.3) is 5.91 Å². The minimum atomic E-state index is -0.723. The number of nitrogens with zero attached hydrogens (tertiary/aromatic N) is 2. The molecule has 1 aliphatic heterocycles. The van der Waals surface area contributed by atoms with Crippen molar-refractivity contribution in [3.05, 3.63) is 60.3 Å². The molecular weight excluding hydrogens is 318 g/mol. The van der Waals surface area contributed by atoms with Crippen LogP contribution in [0.5, 0.6) is 11.5 Å². The number of carbonyl (C=O) groups is 1. The highest BCUT2D eigenvalue weighted by Gasteiger charge is 2.26. The molecule has 2 aromatic carbocycles. The summed E-state index contributed by atoms with van der Waals surface area (Å²) in [5.74, 6) is 0.865. The molecule has 6 nitrogen and oxygen atoms in total. The number of aromatic nitrogens is 1. The van der Waals surface area contributed by atoms with E-state index in [4.69, 9.17) is 9.47 Å². The molecule has 126 valence electrons. The molecule has 1 N–H and O–H groups in total. The monoisotopic (exact) mass is 335 g/mol. The highest BCUT2D eigenvalue weighted by Crippen LogP contribution is 2.30. The van der Waals surface area contributed by atoms with Crippen LogP contribution in [0.4, 0.5) is 0 Å². The van der Waals surface area contributed by atoms with E-state index in [0.717, 1.165) is 16.5 Å². The molecule has 0 bridgehead atoms. The number of rotatable bonds is 3. The Balaban J connectivity index is 1.44. The maximum absolute atomic E-state index is 12.2. The summed E-state index contributed by atoms with van der Waals surface area (Å²) in [6, 6.07) is 15.3. The number of para-hydroxylation sites is 3. The lowest BCUT2D eigenvalue weighted by molar-refractivity contribution is -0.130. The lowest BCUT2D eigenvalue weighted by Gasteiger charge is -2.24. The number of benzene rings is 2. The van der Waals surface area contributed by atoms with E-state index in [0.29, 0.717) is 11.5 Å². The normalized spacial score (nSPS) is 16.3. The van der Waals surface area contributed by atoms with Gasteiger partial charge >= 0.3 is 0 Å². The summed E-state index contributed by atoms with van der Waals surface area (Å²) in [4.78, 5) is 12.2. The van der Waals surface area contributed by atoms with Gasteiger partial charge < -0.3 is 14.0 Å². The van der Waals surface area contributed by atoms with Crippen molar-refractivity contribution >= 4 is 23.0 Å². The van der Waals surface area contributed by atoms with Crippen LogP contribution in [-0.2, 0) is 11.8 Å². The first kappa shape index (κ1) is 15.3. The van der Waals surface area contributed by atoms with Gasteiger partial charge in [-0.2, -0.15) is 5.10 Å². The number of hydrazone groups is 1. The number of hydrogen-bond donors (Lipinski definition) is 1. The van der Waals surface area contributed by atoms with Crippen LogP contribution in [0.25, 0.3) is 10.9 Å². The largest absolute Gasteiger partial charge is 0.485 e. The molecule has 25 heavy (non-hydrogen) atoms. The van der Waals surface area contributed by atoms with Crippen molar-refractivity contribution in [1.29, 1.82) is 0 Å². The second-order valence-electron chi connectivity index (χ2n) is 5.81. The number of aryl methyl sites for hydroxylation is 1. The predicted octanol–water partition coefficient (Wildman–Crippen LogP) is 2.47. The van der Waals surface area contributed by atoms with Crippen LogP contribution in [0.1, 0.15) is 5.56 Å². The van der Waals surface area contributed by atoms with Gasteiger partial charge in [0, 0.05) is 29.7 Å². The average Bonchev–Trinajstić information content (AvgIpc) is 2.97. The first-order valence-electron chi connectivity index (χ1n) is 7.98. The third-order valence-corrected chi connectivity index (χ3v) is 4.11. The van der Waals surface area contributed by atoms with Gasteiger partial charge in [-0.25, -0.2) is 5.43 Å². The van der Waals surface area contributed by atoms with Crippen molar-refractivity contribution in [2.24, 2.45) is 12.1 Å². The molecule has 0 fully saturated rings. The maximum Gasteiger partial charge on any atom is 0.284 e. The highest BCUT2D eigenvalue weighted by molar-refractivity contribution is 5.99. The molecular formula is C19H17N3O3. The molecule has 0 radical (unpaired) electrons. The fourth-order valence-electron chi connectivity index (χ4n) is 2.86. The number of hydrogen-bond acceptors (Lipinski definition) is 4. The highest BCUT2D eigenvalue weighted by atomic mass is 16.6. The third-order valence-electron chi connectivity index (χ3n) is 4.11. The molecule has 1 amide bonds. The van der Waals surface area contributed by atoms with Gasteiger partial charge in [-0.3, -0.25) is 4.79 Å². The van der Waals surface area contributed by atoms with Crippen LogP contribution in [0, 0.1) is 0 Å². The van der Waals surface area contributed by atoms with Crippen LogP contribution in [0.2, 0.25) is 0 Å². The Morgan fingerprint density at radius 1 is 1.20 bits per heavy atom. The molecule has 1 unspecified atom stereocenters. The van der Waals surface area contributed by atoms with Crippen molar-refractivity contribution in [2.75, 3.05) is 6.61 Å². The zero-order valence-electron chi connectivity index (χ0n) is 13.7. The van der Waals surface area contributed by atoms with Gasteiger partial charge in [0.2, 0.25) is 6.10 Å². The lowest BCUT2D eigenvalue weighted by Crippen LogP contribution is -2.42.